The number of nitrogen functional groups attached to an aromatic ring is 1. The summed E-state index contributed by atoms with van der Waals surface area (Å²) in [6.07, 6.45) is -0.575. The van der Waals surface area contributed by atoms with Gasteiger partial charge >= 0.3 is 0 Å². The SMILES string of the molecule is CCN(CCO)CC(O)COc1ccc(N)cc1. The Balaban J connectivity index is 2.31. The minimum atomic E-state index is -0.575. The number of aliphatic hydroxyl groups is 2. The number of likely N-dealkylation sites (N-methyl/N-ethyl adjacent to an activating group) is 1. The van der Waals surface area contributed by atoms with Crippen LogP contribution < -0.4 is 10.5 Å². The molecule has 1 rings (SSSR count). The maximum Gasteiger partial charge on any atom is 0.119 e. The van der Waals surface area contributed by atoms with Crippen molar-refractivity contribution in [2.75, 3.05) is 38.6 Å². The Labute approximate surface area is 108 Å². The van der Waals surface area contributed by atoms with Crippen molar-refractivity contribution in [2.24, 2.45) is 0 Å². The standard InChI is InChI=1S/C13H22N2O3/c1-2-15(7-8-16)9-12(17)10-18-13-5-3-11(14)4-6-13/h3-6,12,16-17H,2,7-10,14H2,1H3. The molecule has 0 amide bonds. The van der Waals surface area contributed by atoms with Gasteiger partial charge in [-0.1, -0.05) is 6.92 Å². The lowest BCUT2D eigenvalue weighted by Gasteiger charge is -2.22. The predicted molar refractivity (Wildman–Crippen MR) is 71.6 cm³/mol. The Morgan fingerprint density at radius 1 is 1.33 bits per heavy atom. The number of nitrogens with two attached hydrogens (primary N) is 1. The van der Waals surface area contributed by atoms with Crippen LogP contribution in [0.4, 0.5) is 5.69 Å². The molecule has 0 aliphatic carbocycles. The maximum atomic E-state index is 9.82. The summed E-state index contributed by atoms with van der Waals surface area (Å²) in [5.74, 6) is 0.688. The Morgan fingerprint density at radius 3 is 2.56 bits per heavy atom. The first-order chi connectivity index (χ1) is 8.65. The lowest BCUT2D eigenvalue weighted by molar-refractivity contribution is 0.0638. The van der Waals surface area contributed by atoms with Crippen LogP contribution in [-0.4, -0.2) is 54.1 Å². The third-order valence-corrected chi connectivity index (χ3v) is 2.65. The lowest BCUT2D eigenvalue weighted by atomic mass is 10.3. The van der Waals surface area contributed by atoms with E-state index < -0.39 is 6.10 Å². The topological polar surface area (TPSA) is 79.0 Å². The van der Waals surface area contributed by atoms with Gasteiger partial charge in [0.15, 0.2) is 0 Å². The van der Waals surface area contributed by atoms with Crippen molar-refractivity contribution in [1.29, 1.82) is 0 Å². The summed E-state index contributed by atoms with van der Waals surface area (Å²) >= 11 is 0. The van der Waals surface area contributed by atoms with E-state index in [1.165, 1.54) is 0 Å². The Hall–Kier alpha value is -1.30. The summed E-state index contributed by atoms with van der Waals surface area (Å²) in [6, 6.07) is 7.05. The van der Waals surface area contributed by atoms with Crippen molar-refractivity contribution in [3.05, 3.63) is 24.3 Å². The fourth-order valence-electron chi connectivity index (χ4n) is 1.63. The maximum absolute atomic E-state index is 9.82. The number of hydrogen-bond donors (Lipinski definition) is 3. The zero-order valence-corrected chi connectivity index (χ0v) is 10.7. The van der Waals surface area contributed by atoms with Crippen LogP contribution in [0.25, 0.3) is 0 Å². The molecule has 0 aliphatic rings. The van der Waals surface area contributed by atoms with Crippen LogP contribution in [0, 0.1) is 0 Å². The number of rotatable bonds is 8. The normalized spacial score (nSPS) is 12.7. The van der Waals surface area contributed by atoms with Crippen molar-refractivity contribution in [3.63, 3.8) is 0 Å². The van der Waals surface area contributed by atoms with Gasteiger partial charge in [0.1, 0.15) is 18.5 Å². The molecule has 0 fully saturated rings. The molecule has 0 bridgehead atoms. The minimum absolute atomic E-state index is 0.0966. The highest BCUT2D eigenvalue weighted by molar-refractivity contribution is 5.41. The lowest BCUT2D eigenvalue weighted by Crippen LogP contribution is -2.37. The van der Waals surface area contributed by atoms with Crippen LogP contribution in [0.2, 0.25) is 0 Å². The number of anilines is 1. The third kappa shape index (κ3) is 5.35. The summed E-state index contributed by atoms with van der Waals surface area (Å²) < 4.78 is 5.45. The van der Waals surface area contributed by atoms with E-state index in [1.54, 1.807) is 24.3 Å². The third-order valence-electron chi connectivity index (χ3n) is 2.65. The van der Waals surface area contributed by atoms with Crippen LogP contribution in [-0.2, 0) is 0 Å². The Bertz CT molecular complexity index is 330. The van der Waals surface area contributed by atoms with Crippen LogP contribution in [0.3, 0.4) is 0 Å². The van der Waals surface area contributed by atoms with Crippen molar-refractivity contribution < 1.29 is 14.9 Å². The van der Waals surface area contributed by atoms with Gasteiger partial charge < -0.3 is 20.7 Å². The van der Waals surface area contributed by atoms with E-state index in [2.05, 4.69) is 0 Å². The van der Waals surface area contributed by atoms with Crippen molar-refractivity contribution in [1.82, 2.24) is 4.90 Å². The predicted octanol–water partition coefficient (Wildman–Crippen LogP) is 0.323. The Kier molecular flexibility index (Phi) is 6.49. The molecule has 0 aliphatic heterocycles. The first kappa shape index (κ1) is 14.8. The molecule has 0 saturated heterocycles. The highest BCUT2D eigenvalue weighted by Gasteiger charge is 2.10. The van der Waals surface area contributed by atoms with E-state index in [4.69, 9.17) is 15.6 Å². The Morgan fingerprint density at radius 2 is 2.00 bits per heavy atom. The fraction of sp³-hybridized carbons (Fsp3) is 0.538. The molecule has 5 heteroatoms. The molecule has 1 aromatic carbocycles. The summed E-state index contributed by atoms with van der Waals surface area (Å²) in [4.78, 5) is 1.97. The molecule has 4 N–H and O–H groups in total. The van der Waals surface area contributed by atoms with E-state index in [0.29, 0.717) is 24.5 Å². The number of ether oxygens (including phenoxy) is 1. The summed E-state index contributed by atoms with van der Waals surface area (Å²) in [7, 11) is 0. The molecule has 1 aromatic rings. The fourth-order valence-corrected chi connectivity index (χ4v) is 1.63. The van der Waals surface area contributed by atoms with Crippen molar-refractivity contribution >= 4 is 5.69 Å². The zero-order chi connectivity index (χ0) is 13.4. The molecule has 1 atom stereocenters. The van der Waals surface area contributed by atoms with E-state index in [9.17, 15) is 5.11 Å². The van der Waals surface area contributed by atoms with Crippen LogP contribution in [0.1, 0.15) is 6.92 Å². The van der Waals surface area contributed by atoms with E-state index in [1.807, 2.05) is 11.8 Å². The molecule has 102 valence electrons. The van der Waals surface area contributed by atoms with Gasteiger partial charge in [-0.25, -0.2) is 0 Å². The molecule has 18 heavy (non-hydrogen) atoms. The second-order valence-corrected chi connectivity index (χ2v) is 4.15. The first-order valence-electron chi connectivity index (χ1n) is 6.15. The van der Waals surface area contributed by atoms with Gasteiger partial charge in [-0.05, 0) is 30.8 Å². The smallest absolute Gasteiger partial charge is 0.119 e. The highest BCUT2D eigenvalue weighted by atomic mass is 16.5. The van der Waals surface area contributed by atoms with Gasteiger partial charge in [0.2, 0.25) is 0 Å². The van der Waals surface area contributed by atoms with E-state index in [0.717, 1.165) is 6.54 Å². The summed E-state index contributed by atoms with van der Waals surface area (Å²) in [5.41, 5.74) is 6.25. The van der Waals surface area contributed by atoms with Gasteiger partial charge in [0.05, 0.1) is 6.61 Å². The monoisotopic (exact) mass is 254 g/mol. The molecule has 1 unspecified atom stereocenters. The number of nitrogens with zero attached hydrogens (tertiary/aromatic N) is 1. The van der Waals surface area contributed by atoms with Crippen LogP contribution in [0.5, 0.6) is 5.75 Å². The molecule has 0 spiro atoms. The van der Waals surface area contributed by atoms with E-state index in [-0.39, 0.29) is 13.2 Å². The molecule has 5 nitrogen and oxygen atoms in total. The highest BCUT2D eigenvalue weighted by Crippen LogP contribution is 2.13. The largest absolute Gasteiger partial charge is 0.491 e. The molecule has 0 saturated carbocycles. The van der Waals surface area contributed by atoms with Gasteiger partial charge in [-0.2, -0.15) is 0 Å². The second-order valence-electron chi connectivity index (χ2n) is 4.15. The number of benzene rings is 1. The van der Waals surface area contributed by atoms with Crippen molar-refractivity contribution in [2.45, 2.75) is 13.0 Å². The first-order valence-corrected chi connectivity index (χ1v) is 6.15. The molecule has 0 heterocycles. The van der Waals surface area contributed by atoms with Crippen LogP contribution >= 0.6 is 0 Å². The molecule has 0 aromatic heterocycles. The number of aliphatic hydroxyl groups excluding tert-OH is 2. The summed E-state index contributed by atoms with van der Waals surface area (Å²) in [6.45, 7) is 4.16. The van der Waals surface area contributed by atoms with Gasteiger partial charge in [-0.15, -0.1) is 0 Å². The van der Waals surface area contributed by atoms with Gasteiger partial charge in [0, 0.05) is 18.8 Å². The minimum Gasteiger partial charge on any atom is -0.491 e. The number of hydrogen-bond acceptors (Lipinski definition) is 5. The molecular formula is C13H22N2O3. The van der Waals surface area contributed by atoms with Gasteiger partial charge in [0.25, 0.3) is 0 Å². The molecule has 0 radical (unpaired) electrons. The quantitative estimate of drug-likeness (QED) is 0.582. The molecular weight excluding hydrogens is 232 g/mol. The van der Waals surface area contributed by atoms with Gasteiger partial charge in [-0.3, -0.25) is 4.90 Å². The van der Waals surface area contributed by atoms with E-state index >= 15 is 0 Å². The second kappa shape index (κ2) is 7.92. The zero-order valence-electron chi connectivity index (χ0n) is 10.7. The van der Waals surface area contributed by atoms with Crippen LogP contribution in [0.15, 0.2) is 24.3 Å². The average molecular weight is 254 g/mol. The average Bonchev–Trinajstić information content (AvgIpc) is 2.37. The van der Waals surface area contributed by atoms with Crippen molar-refractivity contribution in [3.8, 4) is 5.75 Å². The summed E-state index contributed by atoms with van der Waals surface area (Å²) in [5, 5.41) is 18.7.